The highest BCUT2D eigenvalue weighted by atomic mass is 19.1. The first kappa shape index (κ1) is 16.3. The Balaban J connectivity index is 2.88. The summed E-state index contributed by atoms with van der Waals surface area (Å²) < 4.78 is 31.2. The van der Waals surface area contributed by atoms with E-state index in [-0.39, 0.29) is 24.5 Å². The molecule has 1 aromatic rings. The Kier molecular flexibility index (Phi) is 5.80. The Morgan fingerprint density at radius 1 is 1.25 bits per heavy atom. The highest BCUT2D eigenvalue weighted by Crippen LogP contribution is 2.19. The molecule has 0 aromatic heterocycles. The van der Waals surface area contributed by atoms with Gasteiger partial charge in [0.1, 0.15) is 17.6 Å². The number of carbonyl (C=O) groups is 2. The lowest BCUT2D eigenvalue weighted by atomic mass is 9.88. The zero-order valence-corrected chi connectivity index (χ0v) is 11.8. The van der Waals surface area contributed by atoms with Crippen molar-refractivity contribution < 1.29 is 23.1 Å². The Morgan fingerprint density at radius 2 is 1.90 bits per heavy atom. The molecule has 0 spiro atoms. The second-order valence-electron chi connectivity index (χ2n) is 4.85. The van der Waals surface area contributed by atoms with E-state index in [2.05, 4.69) is 0 Å². The van der Waals surface area contributed by atoms with Gasteiger partial charge in [0.2, 0.25) is 0 Å². The molecule has 0 saturated carbocycles. The summed E-state index contributed by atoms with van der Waals surface area (Å²) in [6.07, 6.45) is -0.256. The molecule has 3 nitrogen and oxygen atoms in total. The highest BCUT2D eigenvalue weighted by Gasteiger charge is 2.31. The summed E-state index contributed by atoms with van der Waals surface area (Å²) in [5, 5.41) is 0. The molecule has 0 amide bonds. The molecule has 1 rings (SSSR count). The zero-order chi connectivity index (χ0) is 15.3. The van der Waals surface area contributed by atoms with Crippen molar-refractivity contribution in [2.45, 2.75) is 27.2 Å². The number of rotatable bonds is 6. The van der Waals surface area contributed by atoms with Crippen molar-refractivity contribution >= 4 is 11.8 Å². The second-order valence-corrected chi connectivity index (χ2v) is 4.85. The molecule has 0 aliphatic rings. The fraction of sp³-hybridized carbons (Fsp3) is 0.467. The lowest BCUT2D eigenvalue weighted by molar-refractivity contribution is -0.153. The molecule has 110 valence electrons. The summed E-state index contributed by atoms with van der Waals surface area (Å²) in [7, 11) is 0. The number of benzene rings is 1. The summed E-state index contributed by atoms with van der Waals surface area (Å²) in [5.74, 6) is -3.70. The monoisotopic (exact) mass is 284 g/mol. The summed E-state index contributed by atoms with van der Waals surface area (Å²) in [6.45, 7) is 5.28. The largest absolute Gasteiger partial charge is 0.465 e. The van der Waals surface area contributed by atoms with Crippen molar-refractivity contribution in [2.75, 3.05) is 6.61 Å². The van der Waals surface area contributed by atoms with Gasteiger partial charge in [-0.15, -0.1) is 0 Å². The fourth-order valence-corrected chi connectivity index (χ4v) is 1.97. The molecule has 1 unspecified atom stereocenters. The van der Waals surface area contributed by atoms with Gasteiger partial charge < -0.3 is 4.74 Å². The van der Waals surface area contributed by atoms with Gasteiger partial charge in [0.05, 0.1) is 6.61 Å². The van der Waals surface area contributed by atoms with E-state index in [0.29, 0.717) is 0 Å². The Bertz CT molecular complexity index is 498. The summed E-state index contributed by atoms with van der Waals surface area (Å²) in [4.78, 5) is 23.9. The Labute approximate surface area is 116 Å². The molecule has 0 aliphatic heterocycles. The minimum Gasteiger partial charge on any atom is -0.465 e. The molecule has 1 atom stereocenters. The maximum Gasteiger partial charge on any atom is 0.316 e. The highest BCUT2D eigenvalue weighted by molar-refractivity contribution is 6.00. The predicted molar refractivity (Wildman–Crippen MR) is 70.0 cm³/mol. The van der Waals surface area contributed by atoms with Crippen LogP contribution in [-0.4, -0.2) is 18.4 Å². The third-order valence-corrected chi connectivity index (χ3v) is 2.93. The first-order valence-corrected chi connectivity index (χ1v) is 6.50. The van der Waals surface area contributed by atoms with Crippen LogP contribution in [0.15, 0.2) is 18.2 Å². The lowest BCUT2D eigenvalue weighted by Gasteiger charge is -2.18. The molecule has 20 heavy (non-hydrogen) atoms. The average molecular weight is 284 g/mol. The van der Waals surface area contributed by atoms with E-state index in [1.807, 2.05) is 0 Å². The SMILES string of the molecule is CCOC(=O)C(C(=O)Cc1ccc(F)cc1F)C(C)C. The molecule has 5 heteroatoms. The van der Waals surface area contributed by atoms with Crippen molar-refractivity contribution in [3.05, 3.63) is 35.4 Å². The maximum atomic E-state index is 13.5. The molecule has 1 aromatic carbocycles. The number of carbonyl (C=O) groups excluding carboxylic acids is 2. The van der Waals surface area contributed by atoms with Crippen molar-refractivity contribution in [3.63, 3.8) is 0 Å². The van der Waals surface area contributed by atoms with Gasteiger partial charge in [0.25, 0.3) is 0 Å². The number of Topliss-reactive ketones (excluding diaryl/α,β-unsaturated/α-hetero) is 1. The van der Waals surface area contributed by atoms with E-state index in [1.165, 1.54) is 6.07 Å². The minimum absolute atomic E-state index is 0.0753. The average Bonchev–Trinajstić information content (AvgIpc) is 2.32. The molecule has 0 bridgehead atoms. The van der Waals surface area contributed by atoms with Crippen LogP contribution in [0.2, 0.25) is 0 Å². The van der Waals surface area contributed by atoms with E-state index < -0.39 is 29.3 Å². The van der Waals surface area contributed by atoms with Crippen LogP contribution in [0.4, 0.5) is 8.78 Å². The van der Waals surface area contributed by atoms with Crippen LogP contribution in [-0.2, 0) is 20.7 Å². The molecular formula is C15H18F2O3. The van der Waals surface area contributed by atoms with E-state index in [1.54, 1.807) is 20.8 Å². The number of ketones is 1. The van der Waals surface area contributed by atoms with Crippen LogP contribution in [0.3, 0.4) is 0 Å². The van der Waals surface area contributed by atoms with E-state index in [0.717, 1.165) is 12.1 Å². The molecule has 0 heterocycles. The van der Waals surface area contributed by atoms with Gasteiger partial charge in [0.15, 0.2) is 5.78 Å². The normalized spacial score (nSPS) is 12.3. The van der Waals surface area contributed by atoms with E-state index in [4.69, 9.17) is 4.74 Å². The third-order valence-electron chi connectivity index (χ3n) is 2.93. The number of hydrogen-bond donors (Lipinski definition) is 0. The number of esters is 1. The van der Waals surface area contributed by atoms with Gasteiger partial charge in [-0.05, 0) is 24.5 Å². The molecule has 0 radical (unpaired) electrons. The van der Waals surface area contributed by atoms with Gasteiger partial charge in [-0.1, -0.05) is 19.9 Å². The zero-order valence-electron chi connectivity index (χ0n) is 11.8. The van der Waals surface area contributed by atoms with Crippen LogP contribution < -0.4 is 0 Å². The second kappa shape index (κ2) is 7.12. The van der Waals surface area contributed by atoms with Gasteiger partial charge in [0, 0.05) is 12.5 Å². The maximum absolute atomic E-state index is 13.5. The fourth-order valence-electron chi connectivity index (χ4n) is 1.97. The van der Waals surface area contributed by atoms with Crippen LogP contribution in [0, 0.1) is 23.5 Å². The van der Waals surface area contributed by atoms with Crippen molar-refractivity contribution in [1.82, 2.24) is 0 Å². The Hall–Kier alpha value is -1.78. The first-order valence-electron chi connectivity index (χ1n) is 6.50. The molecular weight excluding hydrogens is 266 g/mol. The predicted octanol–water partition coefficient (Wildman–Crippen LogP) is 2.91. The van der Waals surface area contributed by atoms with Crippen LogP contribution in [0.5, 0.6) is 0 Å². The van der Waals surface area contributed by atoms with Crippen LogP contribution >= 0.6 is 0 Å². The van der Waals surface area contributed by atoms with Crippen molar-refractivity contribution in [3.8, 4) is 0 Å². The van der Waals surface area contributed by atoms with E-state index in [9.17, 15) is 18.4 Å². The van der Waals surface area contributed by atoms with Gasteiger partial charge >= 0.3 is 5.97 Å². The smallest absolute Gasteiger partial charge is 0.316 e. The quantitative estimate of drug-likeness (QED) is 0.596. The summed E-state index contributed by atoms with van der Waals surface area (Å²) in [6, 6.07) is 3.02. The number of ether oxygens (including phenoxy) is 1. The van der Waals surface area contributed by atoms with Gasteiger partial charge in [-0.25, -0.2) is 8.78 Å². The standard InChI is InChI=1S/C15H18F2O3/c1-4-20-15(19)14(9(2)3)13(18)7-10-5-6-11(16)8-12(10)17/h5-6,8-9,14H,4,7H2,1-3H3. The molecule has 0 saturated heterocycles. The van der Waals surface area contributed by atoms with E-state index >= 15 is 0 Å². The van der Waals surface area contributed by atoms with Gasteiger partial charge in [-0.3, -0.25) is 9.59 Å². The summed E-state index contributed by atoms with van der Waals surface area (Å²) in [5.41, 5.74) is 0.0753. The van der Waals surface area contributed by atoms with Crippen molar-refractivity contribution in [1.29, 1.82) is 0 Å². The van der Waals surface area contributed by atoms with Gasteiger partial charge in [-0.2, -0.15) is 0 Å². The van der Waals surface area contributed by atoms with Crippen LogP contribution in [0.1, 0.15) is 26.3 Å². The lowest BCUT2D eigenvalue weighted by Crippen LogP contribution is -2.32. The van der Waals surface area contributed by atoms with Crippen molar-refractivity contribution in [2.24, 2.45) is 11.8 Å². The number of halogens is 2. The topological polar surface area (TPSA) is 43.4 Å². The third kappa shape index (κ3) is 4.11. The molecule has 0 aliphatic carbocycles. The molecule has 0 fully saturated rings. The Morgan fingerprint density at radius 3 is 2.40 bits per heavy atom. The first-order chi connectivity index (χ1) is 9.36. The molecule has 0 N–H and O–H groups in total. The number of hydrogen-bond acceptors (Lipinski definition) is 3. The summed E-state index contributed by atoms with van der Waals surface area (Å²) >= 11 is 0. The van der Waals surface area contributed by atoms with Crippen LogP contribution in [0.25, 0.3) is 0 Å². The minimum atomic E-state index is -0.931.